The molecule has 1 heterocycles. The van der Waals surface area contributed by atoms with E-state index < -0.39 is 0 Å². The molecule has 1 amide bonds. The van der Waals surface area contributed by atoms with Crippen LogP contribution in [0.1, 0.15) is 36.1 Å². The third-order valence-corrected chi connectivity index (χ3v) is 4.51. The molecule has 0 spiro atoms. The zero-order chi connectivity index (χ0) is 18.4. The van der Waals surface area contributed by atoms with Gasteiger partial charge in [0.25, 0.3) is 0 Å². The Morgan fingerprint density at radius 3 is 2.38 bits per heavy atom. The first-order valence-electron chi connectivity index (χ1n) is 8.72. The van der Waals surface area contributed by atoms with Crippen LogP contribution in [0, 0.1) is 5.82 Å². The van der Waals surface area contributed by atoms with Gasteiger partial charge in [0, 0.05) is 25.9 Å². The molecule has 0 bridgehead atoms. The van der Waals surface area contributed by atoms with Crippen LogP contribution in [0.5, 0.6) is 0 Å². The van der Waals surface area contributed by atoms with Crippen molar-refractivity contribution in [1.82, 2.24) is 4.90 Å². The number of nitrogens with zero attached hydrogens (tertiary/aromatic N) is 1. The lowest BCUT2D eigenvalue weighted by Gasteiger charge is -2.24. The van der Waals surface area contributed by atoms with Gasteiger partial charge in [0.1, 0.15) is 11.6 Å². The first-order valence-corrected chi connectivity index (χ1v) is 8.72. The molecule has 0 unspecified atom stereocenters. The van der Waals surface area contributed by atoms with Gasteiger partial charge in [-0.15, -0.1) is 0 Å². The molecule has 0 aliphatic heterocycles. The van der Waals surface area contributed by atoms with Crippen molar-refractivity contribution in [1.29, 1.82) is 0 Å². The van der Waals surface area contributed by atoms with Gasteiger partial charge in [-0.2, -0.15) is 0 Å². The van der Waals surface area contributed by atoms with E-state index in [1.165, 1.54) is 12.1 Å². The Balaban J connectivity index is 1.75. The predicted octanol–water partition coefficient (Wildman–Crippen LogP) is 4.99. The van der Waals surface area contributed by atoms with E-state index in [1.54, 1.807) is 25.3 Å². The molecular formula is C22H22FNO2. The third kappa shape index (κ3) is 4.60. The fourth-order valence-corrected chi connectivity index (χ4v) is 3.09. The molecule has 26 heavy (non-hydrogen) atoms. The molecule has 3 rings (SSSR count). The van der Waals surface area contributed by atoms with E-state index in [4.69, 9.17) is 4.42 Å². The number of halogens is 1. The van der Waals surface area contributed by atoms with Crippen LogP contribution in [0.25, 0.3) is 0 Å². The van der Waals surface area contributed by atoms with Crippen molar-refractivity contribution in [3.05, 3.63) is 95.7 Å². The minimum Gasteiger partial charge on any atom is -0.469 e. The highest BCUT2D eigenvalue weighted by Crippen LogP contribution is 2.29. The number of hydrogen-bond acceptors (Lipinski definition) is 2. The Bertz CT molecular complexity index is 813. The maximum absolute atomic E-state index is 13.3. The van der Waals surface area contributed by atoms with Crippen LogP contribution in [0.3, 0.4) is 0 Å². The van der Waals surface area contributed by atoms with Crippen LogP contribution in [0.4, 0.5) is 4.39 Å². The Morgan fingerprint density at radius 2 is 1.77 bits per heavy atom. The summed E-state index contributed by atoms with van der Waals surface area (Å²) in [6.07, 6.45) is 2.34. The standard InChI is InChI=1S/C22H22FNO2/c1-17(25)24(16-18-6-3-2-4-7-18)14-13-21(22-8-5-15-26-22)19-9-11-20(23)12-10-19/h2-12,15,21H,13-14,16H2,1H3/t21-/m1/s1. The summed E-state index contributed by atoms with van der Waals surface area (Å²) in [4.78, 5) is 13.9. The van der Waals surface area contributed by atoms with Crippen molar-refractivity contribution in [2.45, 2.75) is 25.8 Å². The normalized spacial score (nSPS) is 11.9. The molecule has 0 saturated carbocycles. The molecule has 0 fully saturated rings. The average Bonchev–Trinajstić information content (AvgIpc) is 3.17. The lowest BCUT2D eigenvalue weighted by Crippen LogP contribution is -2.30. The maximum atomic E-state index is 13.3. The number of carbonyl (C=O) groups is 1. The highest BCUT2D eigenvalue weighted by Gasteiger charge is 2.19. The number of rotatable bonds is 7. The molecule has 2 aromatic carbocycles. The Kier molecular flexibility index (Phi) is 5.84. The number of hydrogen-bond donors (Lipinski definition) is 0. The first kappa shape index (κ1) is 17.9. The molecule has 0 radical (unpaired) electrons. The van der Waals surface area contributed by atoms with Crippen molar-refractivity contribution in [3.63, 3.8) is 0 Å². The quantitative estimate of drug-likeness (QED) is 0.601. The number of furan rings is 1. The molecule has 0 saturated heterocycles. The maximum Gasteiger partial charge on any atom is 0.219 e. The van der Waals surface area contributed by atoms with Gasteiger partial charge in [-0.05, 0) is 41.8 Å². The van der Waals surface area contributed by atoms with Crippen molar-refractivity contribution >= 4 is 5.91 Å². The second kappa shape index (κ2) is 8.48. The van der Waals surface area contributed by atoms with E-state index in [9.17, 15) is 9.18 Å². The van der Waals surface area contributed by atoms with Crippen molar-refractivity contribution in [2.24, 2.45) is 0 Å². The van der Waals surface area contributed by atoms with Crippen LogP contribution in [-0.2, 0) is 11.3 Å². The Labute approximate surface area is 153 Å². The number of amides is 1. The molecule has 134 valence electrons. The Morgan fingerprint density at radius 1 is 1.04 bits per heavy atom. The average molecular weight is 351 g/mol. The molecule has 3 nitrogen and oxygen atoms in total. The molecule has 3 aromatic rings. The molecule has 0 aliphatic rings. The summed E-state index contributed by atoms with van der Waals surface area (Å²) in [6, 6.07) is 20.2. The Hall–Kier alpha value is -2.88. The second-order valence-corrected chi connectivity index (χ2v) is 6.33. The molecule has 1 aromatic heterocycles. The molecule has 0 aliphatic carbocycles. The summed E-state index contributed by atoms with van der Waals surface area (Å²) in [5, 5.41) is 0. The first-order chi connectivity index (χ1) is 12.6. The van der Waals surface area contributed by atoms with Gasteiger partial charge in [0.2, 0.25) is 5.91 Å². The molecule has 4 heteroatoms. The van der Waals surface area contributed by atoms with Crippen molar-refractivity contribution in [3.8, 4) is 0 Å². The molecule has 1 atom stereocenters. The SMILES string of the molecule is CC(=O)N(CC[C@H](c1ccc(F)cc1)c1ccco1)Cc1ccccc1. The van der Waals surface area contributed by atoms with Crippen molar-refractivity contribution < 1.29 is 13.6 Å². The van der Waals surface area contributed by atoms with Gasteiger partial charge >= 0.3 is 0 Å². The van der Waals surface area contributed by atoms with E-state index in [-0.39, 0.29) is 17.6 Å². The van der Waals surface area contributed by atoms with E-state index in [2.05, 4.69) is 0 Å². The largest absolute Gasteiger partial charge is 0.469 e. The fraction of sp³-hybridized carbons (Fsp3) is 0.227. The van der Waals surface area contributed by atoms with Crippen LogP contribution >= 0.6 is 0 Å². The van der Waals surface area contributed by atoms with Gasteiger partial charge in [0.15, 0.2) is 0 Å². The zero-order valence-electron chi connectivity index (χ0n) is 14.8. The van der Waals surface area contributed by atoms with Gasteiger partial charge in [-0.3, -0.25) is 4.79 Å². The van der Waals surface area contributed by atoms with E-state index in [0.29, 0.717) is 19.5 Å². The summed E-state index contributed by atoms with van der Waals surface area (Å²) in [6.45, 7) is 2.75. The van der Waals surface area contributed by atoms with Gasteiger partial charge in [-0.1, -0.05) is 42.5 Å². The number of benzene rings is 2. The molecule has 0 N–H and O–H groups in total. The fourth-order valence-electron chi connectivity index (χ4n) is 3.09. The molecular weight excluding hydrogens is 329 g/mol. The summed E-state index contributed by atoms with van der Waals surface area (Å²) in [5.41, 5.74) is 2.07. The topological polar surface area (TPSA) is 33.5 Å². The van der Waals surface area contributed by atoms with E-state index in [1.807, 2.05) is 47.4 Å². The van der Waals surface area contributed by atoms with Gasteiger partial charge in [0.05, 0.1) is 6.26 Å². The minimum atomic E-state index is -0.263. The summed E-state index contributed by atoms with van der Waals surface area (Å²) in [5.74, 6) is 0.565. The minimum absolute atomic E-state index is 0.0248. The van der Waals surface area contributed by atoms with Crippen LogP contribution in [-0.4, -0.2) is 17.4 Å². The monoisotopic (exact) mass is 351 g/mol. The summed E-state index contributed by atoms with van der Waals surface area (Å²) in [7, 11) is 0. The lowest BCUT2D eigenvalue weighted by molar-refractivity contribution is -0.129. The smallest absolute Gasteiger partial charge is 0.219 e. The van der Waals surface area contributed by atoms with Crippen LogP contribution in [0.15, 0.2) is 77.4 Å². The van der Waals surface area contributed by atoms with E-state index in [0.717, 1.165) is 16.9 Å². The van der Waals surface area contributed by atoms with Crippen LogP contribution < -0.4 is 0 Å². The summed E-state index contributed by atoms with van der Waals surface area (Å²) >= 11 is 0. The van der Waals surface area contributed by atoms with E-state index >= 15 is 0 Å². The predicted molar refractivity (Wildman–Crippen MR) is 99.1 cm³/mol. The van der Waals surface area contributed by atoms with Gasteiger partial charge < -0.3 is 9.32 Å². The van der Waals surface area contributed by atoms with Crippen LogP contribution in [0.2, 0.25) is 0 Å². The lowest BCUT2D eigenvalue weighted by atomic mass is 9.93. The second-order valence-electron chi connectivity index (χ2n) is 6.33. The van der Waals surface area contributed by atoms with Crippen molar-refractivity contribution in [2.75, 3.05) is 6.54 Å². The van der Waals surface area contributed by atoms with Gasteiger partial charge in [-0.25, -0.2) is 4.39 Å². The number of carbonyl (C=O) groups excluding carboxylic acids is 1. The zero-order valence-corrected chi connectivity index (χ0v) is 14.8. The highest BCUT2D eigenvalue weighted by molar-refractivity contribution is 5.73. The summed E-state index contributed by atoms with van der Waals surface area (Å²) < 4.78 is 18.9. The highest BCUT2D eigenvalue weighted by atomic mass is 19.1. The third-order valence-electron chi connectivity index (χ3n) is 4.51.